The van der Waals surface area contributed by atoms with Gasteiger partial charge in [0, 0.05) is 12.1 Å². The number of halogens is 3. The molecule has 0 bridgehead atoms. The van der Waals surface area contributed by atoms with Gasteiger partial charge in [-0.3, -0.25) is 0 Å². The third kappa shape index (κ3) is 3.35. The zero-order valence-corrected chi connectivity index (χ0v) is 10.1. The van der Waals surface area contributed by atoms with Gasteiger partial charge >= 0.3 is 6.18 Å². The molecular formula is C11H21F3N2. The second kappa shape index (κ2) is 5.36. The Morgan fingerprint density at radius 3 is 2.31 bits per heavy atom. The van der Waals surface area contributed by atoms with Crippen molar-refractivity contribution in [1.29, 1.82) is 0 Å². The summed E-state index contributed by atoms with van der Waals surface area (Å²) in [5.74, 6) is -1.13. The Balaban J connectivity index is 2.65. The third-order valence-electron chi connectivity index (χ3n) is 3.41. The maximum Gasteiger partial charge on any atom is 0.391 e. The summed E-state index contributed by atoms with van der Waals surface area (Å²) < 4.78 is 38.0. The van der Waals surface area contributed by atoms with E-state index in [0.29, 0.717) is 6.42 Å². The predicted octanol–water partition coefficient (Wildman–Crippen LogP) is 2.26. The largest absolute Gasteiger partial charge is 0.391 e. The number of hydrogen-bond acceptors (Lipinski definition) is 2. The zero-order chi connectivity index (χ0) is 12.3. The molecule has 1 rings (SSSR count). The molecule has 96 valence electrons. The molecule has 1 N–H and O–H groups in total. The molecule has 0 saturated heterocycles. The number of hydrogen-bond donors (Lipinski definition) is 1. The molecule has 0 unspecified atom stereocenters. The van der Waals surface area contributed by atoms with Crippen molar-refractivity contribution in [1.82, 2.24) is 10.2 Å². The fourth-order valence-electron chi connectivity index (χ4n) is 2.52. The van der Waals surface area contributed by atoms with Gasteiger partial charge in [-0.15, -0.1) is 0 Å². The van der Waals surface area contributed by atoms with Crippen LogP contribution in [0.1, 0.15) is 26.2 Å². The van der Waals surface area contributed by atoms with Crippen LogP contribution in [0.15, 0.2) is 0 Å². The Morgan fingerprint density at radius 1 is 1.25 bits per heavy atom. The predicted molar refractivity (Wildman–Crippen MR) is 58.3 cm³/mol. The fourth-order valence-corrected chi connectivity index (χ4v) is 2.52. The Bertz CT molecular complexity index is 216. The van der Waals surface area contributed by atoms with Crippen molar-refractivity contribution in [3.63, 3.8) is 0 Å². The molecule has 1 saturated carbocycles. The van der Waals surface area contributed by atoms with E-state index in [2.05, 4.69) is 5.32 Å². The number of nitrogens with zero attached hydrogens (tertiary/aromatic N) is 1. The maximum absolute atomic E-state index is 12.7. The molecule has 0 aromatic rings. The first-order valence-electron chi connectivity index (χ1n) is 5.82. The molecule has 1 aliphatic carbocycles. The number of nitrogens with one attached hydrogen (secondary N) is 1. The highest BCUT2D eigenvalue weighted by Gasteiger charge is 2.45. The van der Waals surface area contributed by atoms with E-state index in [9.17, 15) is 13.2 Å². The molecule has 2 nitrogen and oxygen atoms in total. The van der Waals surface area contributed by atoms with Crippen LogP contribution in [0.5, 0.6) is 0 Å². The number of alkyl halides is 3. The van der Waals surface area contributed by atoms with Crippen LogP contribution in [0, 0.1) is 5.92 Å². The average molecular weight is 238 g/mol. The summed E-state index contributed by atoms with van der Waals surface area (Å²) in [4.78, 5) is 1.91. The van der Waals surface area contributed by atoms with Gasteiger partial charge in [-0.05, 0) is 39.9 Å². The minimum absolute atomic E-state index is 0.0136. The summed E-state index contributed by atoms with van der Waals surface area (Å²) in [7, 11) is 3.71. The van der Waals surface area contributed by atoms with Crippen LogP contribution in [0.2, 0.25) is 0 Å². The lowest BCUT2D eigenvalue weighted by Crippen LogP contribution is -2.52. The lowest BCUT2D eigenvalue weighted by molar-refractivity contribution is -0.187. The van der Waals surface area contributed by atoms with Crippen LogP contribution in [0.25, 0.3) is 0 Å². The summed E-state index contributed by atoms with van der Waals surface area (Å²) in [6.07, 6.45) is -2.95. The van der Waals surface area contributed by atoms with Crippen molar-refractivity contribution in [2.24, 2.45) is 5.92 Å². The van der Waals surface area contributed by atoms with Crippen LogP contribution in [-0.2, 0) is 0 Å². The lowest BCUT2D eigenvalue weighted by atomic mass is 9.81. The Hall–Kier alpha value is -0.290. The number of likely N-dealkylation sites (N-methyl/N-ethyl adjacent to an activating group) is 2. The molecule has 0 aromatic heterocycles. The minimum atomic E-state index is -4.04. The van der Waals surface area contributed by atoms with Crippen molar-refractivity contribution in [3.05, 3.63) is 0 Å². The zero-order valence-electron chi connectivity index (χ0n) is 10.1. The van der Waals surface area contributed by atoms with Crippen LogP contribution < -0.4 is 5.32 Å². The van der Waals surface area contributed by atoms with Gasteiger partial charge < -0.3 is 10.2 Å². The van der Waals surface area contributed by atoms with Gasteiger partial charge in [0.2, 0.25) is 0 Å². The monoisotopic (exact) mass is 238 g/mol. The van der Waals surface area contributed by atoms with Gasteiger partial charge in [-0.1, -0.05) is 6.92 Å². The van der Waals surface area contributed by atoms with Gasteiger partial charge in [-0.2, -0.15) is 13.2 Å². The molecular weight excluding hydrogens is 217 g/mol. The highest BCUT2D eigenvalue weighted by Crippen LogP contribution is 2.38. The first-order chi connectivity index (χ1) is 7.36. The third-order valence-corrected chi connectivity index (χ3v) is 3.41. The molecule has 0 aliphatic heterocycles. The summed E-state index contributed by atoms with van der Waals surface area (Å²) in [6.45, 7) is 2.80. The van der Waals surface area contributed by atoms with Crippen molar-refractivity contribution in [2.45, 2.75) is 44.4 Å². The molecule has 3 atom stereocenters. The van der Waals surface area contributed by atoms with Crippen molar-refractivity contribution in [2.75, 3.05) is 20.6 Å². The van der Waals surface area contributed by atoms with Crippen LogP contribution in [0.4, 0.5) is 13.2 Å². The molecule has 16 heavy (non-hydrogen) atoms. The van der Waals surface area contributed by atoms with Gasteiger partial charge in [0.1, 0.15) is 0 Å². The van der Waals surface area contributed by atoms with Crippen molar-refractivity contribution in [3.8, 4) is 0 Å². The second-order valence-corrected chi connectivity index (χ2v) is 4.75. The first kappa shape index (κ1) is 13.8. The van der Waals surface area contributed by atoms with Crippen LogP contribution in [0.3, 0.4) is 0 Å². The van der Waals surface area contributed by atoms with Gasteiger partial charge in [0.15, 0.2) is 0 Å². The van der Waals surface area contributed by atoms with E-state index in [-0.39, 0.29) is 24.9 Å². The molecule has 1 fully saturated rings. The van der Waals surface area contributed by atoms with E-state index in [4.69, 9.17) is 0 Å². The van der Waals surface area contributed by atoms with Crippen molar-refractivity contribution < 1.29 is 13.2 Å². The SMILES string of the molecule is CCN[C@@H]1CC[C@H](C(F)(F)F)C[C@H]1N(C)C. The Labute approximate surface area is 95.2 Å². The van der Waals surface area contributed by atoms with Gasteiger partial charge in [-0.25, -0.2) is 0 Å². The summed E-state index contributed by atoms with van der Waals surface area (Å²) >= 11 is 0. The van der Waals surface area contributed by atoms with Gasteiger partial charge in [0.25, 0.3) is 0 Å². The lowest BCUT2D eigenvalue weighted by Gasteiger charge is -2.40. The second-order valence-electron chi connectivity index (χ2n) is 4.75. The van der Waals surface area contributed by atoms with E-state index < -0.39 is 12.1 Å². The maximum atomic E-state index is 12.7. The highest BCUT2D eigenvalue weighted by atomic mass is 19.4. The first-order valence-corrected chi connectivity index (χ1v) is 5.82. The van der Waals surface area contributed by atoms with E-state index >= 15 is 0 Å². The molecule has 0 radical (unpaired) electrons. The Morgan fingerprint density at radius 2 is 1.88 bits per heavy atom. The van der Waals surface area contributed by atoms with Crippen molar-refractivity contribution >= 4 is 0 Å². The molecule has 1 aliphatic rings. The normalized spacial score (nSPS) is 32.1. The van der Waals surface area contributed by atoms with E-state index in [0.717, 1.165) is 6.54 Å². The fraction of sp³-hybridized carbons (Fsp3) is 1.00. The molecule has 5 heteroatoms. The van der Waals surface area contributed by atoms with E-state index in [1.807, 2.05) is 25.9 Å². The molecule has 0 spiro atoms. The van der Waals surface area contributed by atoms with E-state index in [1.165, 1.54) is 0 Å². The molecule has 0 amide bonds. The van der Waals surface area contributed by atoms with E-state index in [1.54, 1.807) is 0 Å². The smallest absolute Gasteiger partial charge is 0.313 e. The van der Waals surface area contributed by atoms with Crippen LogP contribution >= 0.6 is 0 Å². The summed E-state index contributed by atoms with van der Waals surface area (Å²) in [5, 5.41) is 3.28. The number of rotatable bonds is 3. The summed E-state index contributed by atoms with van der Waals surface area (Å²) in [5.41, 5.74) is 0. The Kier molecular flexibility index (Phi) is 4.62. The van der Waals surface area contributed by atoms with Gasteiger partial charge in [0.05, 0.1) is 5.92 Å². The molecule has 0 aromatic carbocycles. The quantitative estimate of drug-likeness (QED) is 0.811. The summed E-state index contributed by atoms with van der Waals surface area (Å²) in [6, 6.07) is 0.180. The minimum Gasteiger partial charge on any atom is -0.313 e. The van der Waals surface area contributed by atoms with Crippen LogP contribution in [-0.4, -0.2) is 43.8 Å². The standard InChI is InChI=1S/C11H21F3N2/c1-4-15-9-6-5-8(11(12,13)14)7-10(9)16(2)3/h8-10,15H,4-7H2,1-3H3/t8-,9+,10+/m0/s1. The molecule has 0 heterocycles. The topological polar surface area (TPSA) is 15.3 Å². The highest BCUT2D eigenvalue weighted by molar-refractivity contribution is 4.91. The average Bonchev–Trinajstić information content (AvgIpc) is 2.16.